The molecule has 2 saturated heterocycles. The van der Waals surface area contributed by atoms with E-state index in [1.165, 1.54) is 18.3 Å². The number of aromatic nitrogens is 4. The van der Waals surface area contributed by atoms with Crippen LogP contribution in [0.2, 0.25) is 0 Å². The molecule has 4 heterocycles. The van der Waals surface area contributed by atoms with Gasteiger partial charge < -0.3 is 15.4 Å². The van der Waals surface area contributed by atoms with Crippen LogP contribution in [0.4, 0.5) is 26.4 Å². The van der Waals surface area contributed by atoms with Crippen molar-refractivity contribution in [2.45, 2.75) is 11.6 Å². The summed E-state index contributed by atoms with van der Waals surface area (Å²) in [6, 6.07) is 9.09. The van der Waals surface area contributed by atoms with E-state index >= 15 is 0 Å². The summed E-state index contributed by atoms with van der Waals surface area (Å²) in [5, 5.41) is 6.30. The first-order valence-corrected chi connectivity index (χ1v) is 8.94. The molecule has 0 radical (unpaired) electrons. The van der Waals surface area contributed by atoms with Gasteiger partial charge in [-0.15, -0.1) is 0 Å². The number of nitrogens with one attached hydrogen (secondary N) is 2. The van der Waals surface area contributed by atoms with Crippen LogP contribution >= 0.6 is 0 Å². The average molecular weight is 380 g/mol. The molecular weight excluding hydrogens is 366 g/mol. The SMILES string of the molecule is Fc1cc(Nc2nc(NC34C5OC[C@@H]3[C@H]54)nc(-c3ccccc3F)n2)ccn1. The van der Waals surface area contributed by atoms with Gasteiger partial charge in [0, 0.05) is 29.8 Å². The Balaban J connectivity index is 1.38. The summed E-state index contributed by atoms with van der Waals surface area (Å²) in [7, 11) is 0. The third-order valence-electron chi connectivity index (χ3n) is 5.69. The number of benzene rings is 1. The smallest absolute Gasteiger partial charge is 0.232 e. The van der Waals surface area contributed by atoms with Gasteiger partial charge in [0.2, 0.25) is 17.8 Å². The van der Waals surface area contributed by atoms with E-state index < -0.39 is 11.8 Å². The lowest BCUT2D eigenvalue weighted by molar-refractivity contribution is 0.176. The molecule has 7 rings (SSSR count). The van der Waals surface area contributed by atoms with Crippen LogP contribution in [0.3, 0.4) is 0 Å². The molecule has 4 atom stereocenters. The molecule has 2 aromatic heterocycles. The first-order valence-electron chi connectivity index (χ1n) is 8.94. The van der Waals surface area contributed by atoms with Crippen molar-refractivity contribution >= 4 is 17.6 Å². The second-order valence-corrected chi connectivity index (χ2v) is 7.22. The summed E-state index contributed by atoms with van der Waals surface area (Å²) in [6.07, 6.45) is 1.54. The van der Waals surface area contributed by atoms with Crippen LogP contribution in [0.5, 0.6) is 0 Å². The Bertz CT molecular complexity index is 1090. The van der Waals surface area contributed by atoms with Gasteiger partial charge in [-0.2, -0.15) is 19.3 Å². The lowest BCUT2D eigenvalue weighted by Gasteiger charge is -2.13. The Labute approximate surface area is 158 Å². The molecule has 2 N–H and O–H groups in total. The average Bonchev–Trinajstić information content (AvgIpc) is 3.30. The van der Waals surface area contributed by atoms with Gasteiger partial charge >= 0.3 is 0 Å². The Morgan fingerprint density at radius 3 is 2.68 bits per heavy atom. The molecule has 2 saturated carbocycles. The highest BCUT2D eigenvalue weighted by molar-refractivity contribution is 5.63. The summed E-state index contributed by atoms with van der Waals surface area (Å²) in [4.78, 5) is 16.7. The van der Waals surface area contributed by atoms with Crippen LogP contribution in [0, 0.1) is 23.6 Å². The molecule has 4 aliphatic rings. The number of hydrogen-bond acceptors (Lipinski definition) is 7. The molecule has 0 amide bonds. The van der Waals surface area contributed by atoms with E-state index in [4.69, 9.17) is 4.74 Å². The van der Waals surface area contributed by atoms with Crippen molar-refractivity contribution in [3.63, 3.8) is 0 Å². The molecule has 7 nitrogen and oxygen atoms in total. The summed E-state index contributed by atoms with van der Waals surface area (Å²) in [5.74, 6) is 0.643. The maximum atomic E-state index is 14.3. The molecule has 3 aromatic rings. The molecule has 2 unspecified atom stereocenters. The molecule has 4 fully saturated rings. The predicted octanol–water partition coefficient (Wildman–Crippen LogP) is 2.76. The van der Waals surface area contributed by atoms with Crippen molar-refractivity contribution in [2.75, 3.05) is 17.2 Å². The van der Waals surface area contributed by atoms with Gasteiger partial charge in [-0.1, -0.05) is 12.1 Å². The molecule has 2 aliphatic carbocycles. The van der Waals surface area contributed by atoms with Gasteiger partial charge in [-0.25, -0.2) is 9.37 Å². The molecule has 140 valence electrons. The highest BCUT2D eigenvalue weighted by Crippen LogP contribution is 2.78. The molecular formula is C19H14F2N6O. The fraction of sp³-hybridized carbons (Fsp3) is 0.263. The maximum absolute atomic E-state index is 14.3. The minimum atomic E-state index is -0.627. The number of anilines is 3. The van der Waals surface area contributed by atoms with Crippen LogP contribution in [0.1, 0.15) is 0 Å². The third kappa shape index (κ3) is 2.22. The van der Waals surface area contributed by atoms with E-state index in [-0.39, 0.29) is 29.0 Å². The quantitative estimate of drug-likeness (QED) is 0.659. The summed E-state index contributed by atoms with van der Waals surface area (Å²) < 4.78 is 33.3. The predicted molar refractivity (Wildman–Crippen MR) is 95.8 cm³/mol. The first-order chi connectivity index (χ1) is 13.6. The van der Waals surface area contributed by atoms with Crippen LogP contribution < -0.4 is 10.6 Å². The van der Waals surface area contributed by atoms with Crippen molar-refractivity contribution in [3.8, 4) is 11.4 Å². The third-order valence-corrected chi connectivity index (χ3v) is 5.69. The Kier molecular flexibility index (Phi) is 3.06. The zero-order chi connectivity index (χ0) is 18.9. The second-order valence-electron chi connectivity index (χ2n) is 7.22. The van der Waals surface area contributed by atoms with Crippen molar-refractivity contribution in [1.82, 2.24) is 19.9 Å². The molecule has 2 aliphatic heterocycles. The Morgan fingerprint density at radius 1 is 1.07 bits per heavy atom. The molecule has 1 aromatic carbocycles. The second kappa shape index (κ2) is 5.41. The maximum Gasteiger partial charge on any atom is 0.232 e. The topological polar surface area (TPSA) is 84.9 Å². The molecule has 28 heavy (non-hydrogen) atoms. The number of fused-ring (bicyclic) bond motifs is 1. The van der Waals surface area contributed by atoms with Crippen molar-refractivity contribution in [2.24, 2.45) is 11.8 Å². The van der Waals surface area contributed by atoms with E-state index in [0.717, 1.165) is 6.61 Å². The van der Waals surface area contributed by atoms with Gasteiger partial charge in [0.25, 0.3) is 0 Å². The van der Waals surface area contributed by atoms with Crippen molar-refractivity contribution < 1.29 is 13.5 Å². The van der Waals surface area contributed by atoms with Gasteiger partial charge in [-0.05, 0) is 18.2 Å². The normalized spacial score (nSPS) is 28.6. The lowest BCUT2D eigenvalue weighted by atomic mass is 10.2. The lowest BCUT2D eigenvalue weighted by Crippen LogP contribution is -2.23. The Morgan fingerprint density at radius 2 is 1.93 bits per heavy atom. The van der Waals surface area contributed by atoms with Gasteiger partial charge in [-0.3, -0.25) is 0 Å². The fourth-order valence-corrected chi connectivity index (χ4v) is 4.21. The zero-order valence-corrected chi connectivity index (χ0v) is 14.4. The summed E-state index contributed by atoms with van der Waals surface area (Å²) in [5.41, 5.74) is 0.603. The van der Waals surface area contributed by atoms with E-state index in [1.54, 1.807) is 24.3 Å². The Hall–Kier alpha value is -3.20. The van der Waals surface area contributed by atoms with E-state index in [2.05, 4.69) is 30.6 Å². The fourth-order valence-electron chi connectivity index (χ4n) is 4.21. The number of ether oxygens (including phenoxy) is 1. The van der Waals surface area contributed by atoms with E-state index in [0.29, 0.717) is 23.5 Å². The van der Waals surface area contributed by atoms with E-state index in [9.17, 15) is 8.78 Å². The number of hydrogen-bond donors (Lipinski definition) is 2. The van der Waals surface area contributed by atoms with Crippen molar-refractivity contribution in [1.29, 1.82) is 0 Å². The number of pyridine rings is 1. The van der Waals surface area contributed by atoms with Gasteiger partial charge in [0.05, 0.1) is 23.8 Å². The van der Waals surface area contributed by atoms with Gasteiger partial charge in [0.15, 0.2) is 5.82 Å². The monoisotopic (exact) mass is 380 g/mol. The number of halogens is 2. The zero-order valence-electron chi connectivity index (χ0n) is 14.4. The largest absolute Gasteiger partial charge is 0.375 e. The van der Waals surface area contributed by atoms with Crippen molar-refractivity contribution in [3.05, 3.63) is 54.4 Å². The number of rotatable bonds is 5. The van der Waals surface area contributed by atoms with Crippen LogP contribution in [-0.4, -0.2) is 38.2 Å². The summed E-state index contributed by atoms with van der Waals surface area (Å²) >= 11 is 0. The summed E-state index contributed by atoms with van der Waals surface area (Å²) in [6.45, 7) is 0.745. The molecule has 2 bridgehead atoms. The molecule has 9 heteroatoms. The first kappa shape index (κ1) is 15.8. The minimum absolute atomic E-state index is 0.0894. The van der Waals surface area contributed by atoms with Crippen LogP contribution in [0.25, 0.3) is 11.4 Å². The minimum Gasteiger partial charge on any atom is -0.375 e. The number of nitrogens with zero attached hydrogens (tertiary/aromatic N) is 4. The highest BCUT2D eigenvalue weighted by Gasteiger charge is 2.92. The van der Waals surface area contributed by atoms with Crippen LogP contribution in [0.15, 0.2) is 42.6 Å². The highest BCUT2D eigenvalue weighted by atomic mass is 19.1. The van der Waals surface area contributed by atoms with Gasteiger partial charge in [0.1, 0.15) is 5.82 Å². The molecule has 0 spiro atoms. The van der Waals surface area contributed by atoms with Crippen LogP contribution in [-0.2, 0) is 4.74 Å². The van der Waals surface area contributed by atoms with E-state index in [1.807, 2.05) is 0 Å². The standard InChI is InChI=1S/C19H14F2N6O/c20-12-4-2-1-3-10(12)16-24-17(23-9-5-6-22-13(21)7-9)26-18(25-16)27-19-11-8-28-15(19)14(11)19/h1-7,11,14-15H,8H2,(H2,22,23,24,25,26,27)/t11-,14-,15?,19?/m1/s1.